The minimum absolute atomic E-state index is 0.111. The zero-order chi connectivity index (χ0) is 12.5. The molecule has 98 valence electrons. The van der Waals surface area contributed by atoms with Crippen LogP contribution in [0.1, 0.15) is 26.2 Å². The summed E-state index contributed by atoms with van der Waals surface area (Å²) < 4.78 is 9.91. The van der Waals surface area contributed by atoms with Gasteiger partial charge in [0.15, 0.2) is 0 Å². The smallest absolute Gasteiger partial charge is 0.315 e. The molecule has 1 saturated heterocycles. The fourth-order valence-electron chi connectivity index (χ4n) is 1.55. The average molecular weight is 244 g/mol. The van der Waals surface area contributed by atoms with Crippen LogP contribution in [0.15, 0.2) is 0 Å². The van der Waals surface area contributed by atoms with Crippen molar-refractivity contribution in [3.05, 3.63) is 0 Å². The molecule has 1 fully saturated rings. The molecule has 0 radical (unpaired) electrons. The number of carbonyl (C=O) groups excluding carboxylic acids is 2. The summed E-state index contributed by atoms with van der Waals surface area (Å²) in [5.41, 5.74) is 0. The highest BCUT2D eigenvalue weighted by molar-refractivity contribution is 5.74. The predicted molar refractivity (Wildman–Crippen MR) is 61.6 cm³/mol. The monoisotopic (exact) mass is 244 g/mol. The van der Waals surface area contributed by atoms with Crippen LogP contribution < -0.4 is 10.6 Å². The lowest BCUT2D eigenvalue weighted by Gasteiger charge is -2.11. The highest BCUT2D eigenvalue weighted by atomic mass is 16.5. The van der Waals surface area contributed by atoms with Crippen LogP contribution in [0.2, 0.25) is 0 Å². The highest BCUT2D eigenvalue weighted by Crippen LogP contribution is 2.02. The van der Waals surface area contributed by atoms with Crippen LogP contribution in [-0.4, -0.2) is 44.4 Å². The van der Waals surface area contributed by atoms with Gasteiger partial charge in [-0.1, -0.05) is 0 Å². The van der Waals surface area contributed by atoms with E-state index in [1.54, 1.807) is 6.92 Å². The van der Waals surface area contributed by atoms with Gasteiger partial charge in [-0.15, -0.1) is 0 Å². The lowest BCUT2D eigenvalue weighted by Crippen LogP contribution is -2.42. The van der Waals surface area contributed by atoms with Gasteiger partial charge >= 0.3 is 12.0 Å². The number of ether oxygens (including phenoxy) is 2. The number of esters is 1. The van der Waals surface area contributed by atoms with Gasteiger partial charge in [-0.05, 0) is 19.8 Å². The van der Waals surface area contributed by atoms with E-state index in [1.165, 1.54) is 0 Å². The van der Waals surface area contributed by atoms with Gasteiger partial charge in [0.25, 0.3) is 0 Å². The second-order valence-electron chi connectivity index (χ2n) is 3.87. The van der Waals surface area contributed by atoms with Crippen molar-refractivity contribution < 1.29 is 19.1 Å². The summed E-state index contributed by atoms with van der Waals surface area (Å²) in [5, 5.41) is 5.49. The Morgan fingerprint density at radius 2 is 2.29 bits per heavy atom. The maximum absolute atomic E-state index is 11.4. The SMILES string of the molecule is CCOC(=O)CCCNC(=O)NC1CCOC1. The molecule has 0 bridgehead atoms. The number of hydrogen-bond donors (Lipinski definition) is 2. The molecule has 1 aliphatic rings. The van der Waals surface area contributed by atoms with Crippen molar-refractivity contribution in [1.82, 2.24) is 10.6 Å². The van der Waals surface area contributed by atoms with Gasteiger partial charge in [0.2, 0.25) is 0 Å². The van der Waals surface area contributed by atoms with E-state index >= 15 is 0 Å². The van der Waals surface area contributed by atoms with E-state index in [9.17, 15) is 9.59 Å². The molecule has 0 saturated carbocycles. The first-order valence-corrected chi connectivity index (χ1v) is 6.00. The number of nitrogens with one attached hydrogen (secondary N) is 2. The zero-order valence-electron chi connectivity index (χ0n) is 10.2. The standard InChI is InChI=1S/C11H20N2O4/c1-2-17-10(14)4-3-6-12-11(15)13-9-5-7-16-8-9/h9H,2-8H2,1H3,(H2,12,13,15). The van der Waals surface area contributed by atoms with Crippen LogP contribution >= 0.6 is 0 Å². The van der Waals surface area contributed by atoms with Crippen LogP contribution in [0.3, 0.4) is 0 Å². The summed E-state index contributed by atoms with van der Waals surface area (Å²) in [6.45, 7) is 3.92. The summed E-state index contributed by atoms with van der Waals surface area (Å²) in [5.74, 6) is -0.223. The number of rotatable bonds is 6. The zero-order valence-corrected chi connectivity index (χ0v) is 10.2. The van der Waals surface area contributed by atoms with Crippen LogP contribution in [0.25, 0.3) is 0 Å². The number of hydrogen-bond acceptors (Lipinski definition) is 4. The molecule has 1 aliphatic heterocycles. The van der Waals surface area contributed by atoms with E-state index < -0.39 is 0 Å². The average Bonchev–Trinajstić information content (AvgIpc) is 2.77. The third-order valence-electron chi connectivity index (χ3n) is 2.41. The van der Waals surface area contributed by atoms with Crippen molar-refractivity contribution in [2.24, 2.45) is 0 Å². The second kappa shape index (κ2) is 7.89. The maximum Gasteiger partial charge on any atom is 0.315 e. The van der Waals surface area contributed by atoms with Crippen molar-refractivity contribution in [1.29, 1.82) is 0 Å². The molecule has 1 atom stereocenters. The van der Waals surface area contributed by atoms with Gasteiger partial charge < -0.3 is 20.1 Å². The van der Waals surface area contributed by atoms with Crippen molar-refractivity contribution in [3.63, 3.8) is 0 Å². The molecule has 1 rings (SSSR count). The van der Waals surface area contributed by atoms with Gasteiger partial charge in [0.1, 0.15) is 0 Å². The molecule has 6 heteroatoms. The van der Waals surface area contributed by atoms with Crippen molar-refractivity contribution in [2.75, 3.05) is 26.4 Å². The molecule has 1 unspecified atom stereocenters. The summed E-state index contributed by atoms with van der Waals surface area (Å²) >= 11 is 0. The molecule has 6 nitrogen and oxygen atoms in total. The Balaban J connectivity index is 1.98. The van der Waals surface area contributed by atoms with Crippen LogP contribution in [0.4, 0.5) is 4.79 Å². The number of amides is 2. The summed E-state index contributed by atoms with van der Waals surface area (Å²) in [6.07, 6.45) is 1.78. The van der Waals surface area contributed by atoms with Crippen LogP contribution in [-0.2, 0) is 14.3 Å². The van der Waals surface area contributed by atoms with Crippen LogP contribution in [0.5, 0.6) is 0 Å². The molecular formula is C11H20N2O4. The Labute approximate surface area is 101 Å². The largest absolute Gasteiger partial charge is 0.466 e. The van der Waals surface area contributed by atoms with Gasteiger partial charge in [-0.2, -0.15) is 0 Å². The maximum atomic E-state index is 11.4. The Kier molecular flexibility index (Phi) is 6.39. The minimum Gasteiger partial charge on any atom is -0.466 e. The van der Waals surface area contributed by atoms with E-state index in [0.717, 1.165) is 6.42 Å². The minimum atomic E-state index is -0.223. The van der Waals surface area contributed by atoms with E-state index in [2.05, 4.69) is 10.6 Å². The molecule has 0 aliphatic carbocycles. The first-order chi connectivity index (χ1) is 8.22. The predicted octanol–water partition coefficient (Wildman–Crippen LogP) is 0.418. The molecule has 1 heterocycles. The van der Waals surface area contributed by atoms with Crippen molar-refractivity contribution >= 4 is 12.0 Å². The summed E-state index contributed by atoms with van der Waals surface area (Å²) in [6, 6.07) is -0.0931. The van der Waals surface area contributed by atoms with E-state index in [1.807, 2.05) is 0 Å². The Morgan fingerprint density at radius 3 is 2.94 bits per heavy atom. The number of urea groups is 1. The van der Waals surface area contributed by atoms with E-state index in [0.29, 0.717) is 39.2 Å². The fraction of sp³-hybridized carbons (Fsp3) is 0.818. The fourth-order valence-corrected chi connectivity index (χ4v) is 1.55. The Bertz CT molecular complexity index is 252. The lowest BCUT2D eigenvalue weighted by molar-refractivity contribution is -0.143. The first kappa shape index (κ1) is 13.8. The molecule has 0 spiro atoms. The van der Waals surface area contributed by atoms with Crippen LogP contribution in [0, 0.1) is 0 Å². The molecule has 0 aromatic rings. The Morgan fingerprint density at radius 1 is 1.47 bits per heavy atom. The van der Waals surface area contributed by atoms with Crippen molar-refractivity contribution in [2.45, 2.75) is 32.2 Å². The molecular weight excluding hydrogens is 224 g/mol. The molecule has 2 amide bonds. The molecule has 0 aromatic heterocycles. The normalized spacial score (nSPS) is 18.8. The summed E-state index contributed by atoms with van der Waals surface area (Å²) in [4.78, 5) is 22.4. The van der Waals surface area contributed by atoms with E-state index in [4.69, 9.17) is 9.47 Å². The van der Waals surface area contributed by atoms with Gasteiger partial charge in [0.05, 0.1) is 19.3 Å². The highest BCUT2D eigenvalue weighted by Gasteiger charge is 2.17. The topological polar surface area (TPSA) is 76.7 Å². The summed E-state index contributed by atoms with van der Waals surface area (Å²) in [7, 11) is 0. The number of carbonyl (C=O) groups is 2. The third-order valence-corrected chi connectivity index (χ3v) is 2.41. The molecule has 0 aromatic carbocycles. The van der Waals surface area contributed by atoms with Gasteiger partial charge in [-0.3, -0.25) is 4.79 Å². The van der Waals surface area contributed by atoms with Gasteiger partial charge in [0, 0.05) is 19.6 Å². The van der Waals surface area contributed by atoms with Crippen molar-refractivity contribution in [3.8, 4) is 0 Å². The third kappa shape index (κ3) is 6.11. The molecule has 17 heavy (non-hydrogen) atoms. The lowest BCUT2D eigenvalue weighted by atomic mass is 10.3. The Hall–Kier alpha value is -1.30. The van der Waals surface area contributed by atoms with Gasteiger partial charge in [-0.25, -0.2) is 4.79 Å². The molecule has 2 N–H and O–H groups in total. The quantitative estimate of drug-likeness (QED) is 0.524. The second-order valence-corrected chi connectivity index (χ2v) is 3.87. The van der Waals surface area contributed by atoms with E-state index in [-0.39, 0.29) is 18.0 Å². The first-order valence-electron chi connectivity index (χ1n) is 6.00.